The monoisotopic (exact) mass is 326 g/mol. The van der Waals surface area contributed by atoms with Crippen molar-refractivity contribution in [3.63, 3.8) is 0 Å². The van der Waals surface area contributed by atoms with E-state index in [0.29, 0.717) is 5.71 Å². The molecule has 0 heterocycles. The van der Waals surface area contributed by atoms with E-state index in [-0.39, 0.29) is 0 Å². The molecule has 2 N–H and O–H groups in total. The molecule has 1 aromatic rings. The van der Waals surface area contributed by atoms with Crippen molar-refractivity contribution in [3.8, 4) is 0 Å². The second-order valence-electron chi connectivity index (χ2n) is 3.60. The molecule has 0 amide bonds. The van der Waals surface area contributed by atoms with Gasteiger partial charge in [-0.2, -0.15) is 0 Å². The number of rotatable bonds is 4. The van der Waals surface area contributed by atoms with E-state index in [9.17, 15) is 0 Å². The summed E-state index contributed by atoms with van der Waals surface area (Å²) in [6.45, 7) is 7.54. The highest BCUT2D eigenvalue weighted by atomic mass is 127. The molecule has 3 heteroatoms. The zero-order valence-electron chi connectivity index (χ0n) is 9.47. The lowest BCUT2D eigenvalue weighted by Crippen LogP contribution is -2.00. The number of hydrogen-bond donors (Lipinski definition) is 2. The molecule has 0 unspecified atom stereocenters. The third kappa shape index (κ3) is 3.81. The quantitative estimate of drug-likeness (QED) is 0.487. The SMILES string of the molecule is C=C/C(=C/C(C)=N)Nc1ccc(C)cc1I. The molecule has 0 aliphatic carbocycles. The molecule has 2 nitrogen and oxygen atoms in total. The van der Waals surface area contributed by atoms with Crippen LogP contribution in [0.4, 0.5) is 5.69 Å². The van der Waals surface area contributed by atoms with E-state index in [1.54, 1.807) is 19.1 Å². The van der Waals surface area contributed by atoms with E-state index in [1.807, 2.05) is 6.07 Å². The summed E-state index contributed by atoms with van der Waals surface area (Å²) in [5.41, 5.74) is 3.62. The van der Waals surface area contributed by atoms with Gasteiger partial charge in [0, 0.05) is 15.0 Å². The minimum atomic E-state index is 0.504. The average molecular weight is 326 g/mol. The predicted molar refractivity (Wildman–Crippen MR) is 79.2 cm³/mol. The average Bonchev–Trinajstić information content (AvgIpc) is 2.20. The van der Waals surface area contributed by atoms with Crippen LogP contribution in [0.5, 0.6) is 0 Å². The van der Waals surface area contributed by atoms with Crippen molar-refractivity contribution in [3.05, 3.63) is 51.8 Å². The summed E-state index contributed by atoms with van der Waals surface area (Å²) < 4.78 is 1.16. The molecule has 0 aliphatic rings. The van der Waals surface area contributed by atoms with E-state index in [1.165, 1.54) is 5.56 Å². The molecule has 0 aliphatic heterocycles. The number of halogens is 1. The van der Waals surface area contributed by atoms with Crippen LogP contribution in [0.25, 0.3) is 0 Å². The minimum absolute atomic E-state index is 0.504. The van der Waals surface area contributed by atoms with E-state index >= 15 is 0 Å². The number of benzene rings is 1. The molecule has 0 saturated carbocycles. The van der Waals surface area contributed by atoms with Crippen molar-refractivity contribution >= 4 is 34.0 Å². The first-order valence-corrected chi connectivity index (χ1v) is 6.03. The van der Waals surface area contributed by atoms with Crippen LogP contribution >= 0.6 is 22.6 Å². The number of nitrogens with one attached hydrogen (secondary N) is 2. The second kappa shape index (κ2) is 5.84. The van der Waals surface area contributed by atoms with Gasteiger partial charge < -0.3 is 10.7 Å². The van der Waals surface area contributed by atoms with Gasteiger partial charge in [0.1, 0.15) is 0 Å². The fourth-order valence-electron chi connectivity index (χ4n) is 1.26. The first kappa shape index (κ1) is 13.0. The predicted octanol–water partition coefficient (Wildman–Crippen LogP) is 4.12. The summed E-state index contributed by atoms with van der Waals surface area (Å²) in [4.78, 5) is 0. The number of hydrogen-bond acceptors (Lipinski definition) is 2. The maximum absolute atomic E-state index is 7.42. The van der Waals surface area contributed by atoms with Crippen molar-refractivity contribution < 1.29 is 0 Å². The smallest absolute Gasteiger partial charge is 0.0520 e. The van der Waals surface area contributed by atoms with Crippen LogP contribution in [-0.2, 0) is 0 Å². The molecule has 0 bridgehead atoms. The van der Waals surface area contributed by atoms with E-state index in [0.717, 1.165) is 15.0 Å². The summed E-state index contributed by atoms with van der Waals surface area (Å²) in [5.74, 6) is 0. The third-order valence-corrected chi connectivity index (χ3v) is 2.89. The summed E-state index contributed by atoms with van der Waals surface area (Å²) in [6.07, 6.45) is 3.47. The maximum Gasteiger partial charge on any atom is 0.0520 e. The highest BCUT2D eigenvalue weighted by Gasteiger charge is 2.00. The van der Waals surface area contributed by atoms with E-state index in [4.69, 9.17) is 5.41 Å². The lowest BCUT2D eigenvalue weighted by molar-refractivity contribution is 1.40. The van der Waals surface area contributed by atoms with E-state index < -0.39 is 0 Å². The Bertz CT molecular complexity index is 447. The molecular weight excluding hydrogens is 311 g/mol. The molecule has 0 atom stereocenters. The molecule has 0 fully saturated rings. The Balaban J connectivity index is 2.95. The molecule has 0 aromatic heterocycles. The molecule has 1 rings (SSSR count). The minimum Gasteiger partial charge on any atom is -0.355 e. The first-order valence-electron chi connectivity index (χ1n) is 4.95. The van der Waals surface area contributed by atoms with Crippen LogP contribution in [0.3, 0.4) is 0 Å². The Kier molecular flexibility index (Phi) is 4.73. The van der Waals surface area contributed by atoms with Crippen molar-refractivity contribution in [1.29, 1.82) is 5.41 Å². The van der Waals surface area contributed by atoms with Gasteiger partial charge in [0.25, 0.3) is 0 Å². The van der Waals surface area contributed by atoms with Crippen molar-refractivity contribution in [1.82, 2.24) is 0 Å². The largest absolute Gasteiger partial charge is 0.355 e. The second-order valence-corrected chi connectivity index (χ2v) is 4.76. The Labute approximate surface area is 110 Å². The Morgan fingerprint density at radius 1 is 1.50 bits per heavy atom. The van der Waals surface area contributed by atoms with Gasteiger partial charge in [0.05, 0.1) is 5.69 Å². The third-order valence-electron chi connectivity index (χ3n) is 2.00. The normalized spacial score (nSPS) is 11.1. The molecule has 84 valence electrons. The first-order chi connectivity index (χ1) is 7.52. The zero-order chi connectivity index (χ0) is 12.1. The van der Waals surface area contributed by atoms with Crippen LogP contribution in [0.15, 0.2) is 42.6 Å². The van der Waals surface area contributed by atoms with Gasteiger partial charge in [-0.3, -0.25) is 0 Å². The zero-order valence-corrected chi connectivity index (χ0v) is 11.6. The maximum atomic E-state index is 7.42. The summed E-state index contributed by atoms with van der Waals surface area (Å²) in [5, 5.41) is 10.7. The lowest BCUT2D eigenvalue weighted by atomic mass is 10.2. The summed E-state index contributed by atoms with van der Waals surface area (Å²) in [6, 6.07) is 6.21. The summed E-state index contributed by atoms with van der Waals surface area (Å²) in [7, 11) is 0. The van der Waals surface area contributed by atoms with Gasteiger partial charge in [0.15, 0.2) is 0 Å². The van der Waals surface area contributed by atoms with Crippen molar-refractivity contribution in [2.24, 2.45) is 0 Å². The highest BCUT2D eigenvalue weighted by Crippen LogP contribution is 2.21. The van der Waals surface area contributed by atoms with Gasteiger partial charge in [0.2, 0.25) is 0 Å². The molecule has 16 heavy (non-hydrogen) atoms. The molecular formula is C13H15IN2. The topological polar surface area (TPSA) is 35.9 Å². The highest BCUT2D eigenvalue weighted by molar-refractivity contribution is 14.1. The van der Waals surface area contributed by atoms with Gasteiger partial charge in [-0.25, -0.2) is 0 Å². The number of anilines is 1. The number of aryl methyl sites for hydroxylation is 1. The van der Waals surface area contributed by atoms with Crippen LogP contribution in [-0.4, -0.2) is 5.71 Å². The van der Waals surface area contributed by atoms with Gasteiger partial charge in [-0.15, -0.1) is 0 Å². The summed E-state index contributed by atoms with van der Waals surface area (Å²) >= 11 is 2.29. The van der Waals surface area contributed by atoms with Crippen LogP contribution in [0, 0.1) is 15.9 Å². The van der Waals surface area contributed by atoms with Crippen LogP contribution in [0.1, 0.15) is 12.5 Å². The Morgan fingerprint density at radius 3 is 2.69 bits per heavy atom. The molecule has 0 spiro atoms. The Hall–Kier alpha value is -1.10. The number of allylic oxidation sites excluding steroid dienone is 2. The van der Waals surface area contributed by atoms with E-state index in [2.05, 4.69) is 53.5 Å². The lowest BCUT2D eigenvalue weighted by Gasteiger charge is -2.09. The van der Waals surface area contributed by atoms with Gasteiger partial charge in [-0.05, 0) is 66.3 Å². The van der Waals surface area contributed by atoms with Crippen LogP contribution < -0.4 is 5.32 Å². The fourth-order valence-corrected chi connectivity index (χ4v) is 2.06. The van der Waals surface area contributed by atoms with Gasteiger partial charge >= 0.3 is 0 Å². The fraction of sp³-hybridized carbons (Fsp3) is 0.154. The Morgan fingerprint density at radius 2 is 2.19 bits per heavy atom. The molecule has 0 saturated heterocycles. The van der Waals surface area contributed by atoms with Crippen LogP contribution in [0.2, 0.25) is 0 Å². The van der Waals surface area contributed by atoms with Crippen molar-refractivity contribution in [2.45, 2.75) is 13.8 Å². The molecule has 1 aromatic carbocycles. The van der Waals surface area contributed by atoms with Crippen molar-refractivity contribution in [2.75, 3.05) is 5.32 Å². The molecule has 0 radical (unpaired) electrons. The standard InChI is InChI=1S/C13H15IN2/c1-4-11(8-10(3)15)16-13-6-5-9(2)7-12(13)14/h4-8,15-16H,1H2,2-3H3/b11-8-,15-10?. The van der Waals surface area contributed by atoms with Gasteiger partial charge in [-0.1, -0.05) is 12.6 Å².